The van der Waals surface area contributed by atoms with Gasteiger partial charge < -0.3 is 5.32 Å². The maximum atomic E-state index is 4.64. The molecule has 120 valence electrons. The SMILES string of the molecule is CCC1CCC(CNC(C)c2c(C)nn(CC)c2C)CC1. The van der Waals surface area contributed by atoms with Gasteiger partial charge in [0.05, 0.1) is 5.69 Å². The van der Waals surface area contributed by atoms with Crippen LogP contribution in [0, 0.1) is 25.7 Å². The van der Waals surface area contributed by atoms with E-state index in [1.807, 2.05) is 0 Å². The van der Waals surface area contributed by atoms with Crippen molar-refractivity contribution in [1.29, 1.82) is 0 Å². The highest BCUT2D eigenvalue weighted by atomic mass is 15.3. The lowest BCUT2D eigenvalue weighted by molar-refractivity contribution is 0.258. The lowest BCUT2D eigenvalue weighted by Crippen LogP contribution is -2.29. The van der Waals surface area contributed by atoms with Crippen LogP contribution in [0.2, 0.25) is 0 Å². The lowest BCUT2D eigenvalue weighted by Gasteiger charge is -2.29. The lowest BCUT2D eigenvalue weighted by atomic mass is 9.81. The van der Waals surface area contributed by atoms with E-state index in [1.165, 1.54) is 49.1 Å². The topological polar surface area (TPSA) is 29.9 Å². The van der Waals surface area contributed by atoms with Crippen molar-refractivity contribution in [3.8, 4) is 0 Å². The quantitative estimate of drug-likeness (QED) is 0.842. The average Bonchev–Trinajstić information content (AvgIpc) is 2.79. The molecule has 1 aliphatic rings. The van der Waals surface area contributed by atoms with Gasteiger partial charge in [-0.3, -0.25) is 4.68 Å². The van der Waals surface area contributed by atoms with Gasteiger partial charge in [0.15, 0.2) is 0 Å². The van der Waals surface area contributed by atoms with Crippen LogP contribution in [-0.2, 0) is 6.54 Å². The van der Waals surface area contributed by atoms with E-state index in [0.29, 0.717) is 6.04 Å². The molecule has 0 spiro atoms. The highest BCUT2D eigenvalue weighted by Gasteiger charge is 2.22. The maximum Gasteiger partial charge on any atom is 0.0644 e. The number of nitrogens with one attached hydrogen (secondary N) is 1. The third-order valence-corrected chi connectivity index (χ3v) is 5.43. The molecule has 21 heavy (non-hydrogen) atoms. The number of hydrogen-bond acceptors (Lipinski definition) is 2. The van der Waals surface area contributed by atoms with E-state index < -0.39 is 0 Å². The first-order valence-electron chi connectivity index (χ1n) is 8.84. The van der Waals surface area contributed by atoms with Gasteiger partial charge in [0.2, 0.25) is 0 Å². The second-order valence-corrected chi connectivity index (χ2v) is 6.83. The monoisotopic (exact) mass is 291 g/mol. The van der Waals surface area contributed by atoms with E-state index in [0.717, 1.165) is 24.9 Å². The van der Waals surface area contributed by atoms with Gasteiger partial charge in [0.25, 0.3) is 0 Å². The Bertz CT molecular complexity index is 442. The van der Waals surface area contributed by atoms with Crippen LogP contribution >= 0.6 is 0 Å². The van der Waals surface area contributed by atoms with E-state index in [2.05, 4.69) is 49.7 Å². The Kier molecular flexibility index (Phi) is 5.86. The van der Waals surface area contributed by atoms with E-state index in [9.17, 15) is 0 Å². The molecule has 1 atom stereocenters. The first-order valence-corrected chi connectivity index (χ1v) is 8.84. The predicted octanol–water partition coefficient (Wildman–Crippen LogP) is 4.39. The van der Waals surface area contributed by atoms with Gasteiger partial charge in [-0.05, 0) is 58.9 Å². The first-order chi connectivity index (χ1) is 10.1. The van der Waals surface area contributed by atoms with Crippen LogP contribution in [0.25, 0.3) is 0 Å². The predicted molar refractivity (Wildman–Crippen MR) is 89.5 cm³/mol. The Labute approximate surface area is 130 Å². The minimum absolute atomic E-state index is 0.411. The molecule has 1 N–H and O–H groups in total. The molecule has 1 saturated carbocycles. The molecule has 0 radical (unpaired) electrons. The normalized spacial score (nSPS) is 24.2. The van der Waals surface area contributed by atoms with Gasteiger partial charge in [0.1, 0.15) is 0 Å². The summed E-state index contributed by atoms with van der Waals surface area (Å²) in [5, 5.41) is 8.41. The summed E-state index contributed by atoms with van der Waals surface area (Å²) in [6.45, 7) is 13.2. The smallest absolute Gasteiger partial charge is 0.0644 e. The van der Waals surface area contributed by atoms with Gasteiger partial charge in [0, 0.05) is 23.8 Å². The molecule has 0 aromatic carbocycles. The Hall–Kier alpha value is -0.830. The standard InChI is InChI=1S/C18H33N3/c1-6-16-8-10-17(11-9-16)12-19-13(3)18-14(4)20-21(7-2)15(18)5/h13,16-17,19H,6-12H2,1-5H3. The van der Waals surface area contributed by atoms with Crippen LogP contribution in [0.5, 0.6) is 0 Å². The number of nitrogens with zero attached hydrogens (tertiary/aromatic N) is 2. The van der Waals surface area contributed by atoms with Crippen molar-refractivity contribution in [1.82, 2.24) is 15.1 Å². The molecule has 1 fully saturated rings. The summed E-state index contributed by atoms with van der Waals surface area (Å²) in [5.74, 6) is 1.86. The third-order valence-electron chi connectivity index (χ3n) is 5.43. The Morgan fingerprint density at radius 1 is 1.14 bits per heavy atom. The van der Waals surface area contributed by atoms with Gasteiger partial charge in [-0.1, -0.05) is 26.2 Å². The summed E-state index contributed by atoms with van der Waals surface area (Å²) in [5.41, 5.74) is 3.91. The highest BCUT2D eigenvalue weighted by molar-refractivity contribution is 5.27. The summed E-state index contributed by atoms with van der Waals surface area (Å²) in [4.78, 5) is 0. The van der Waals surface area contributed by atoms with Crippen molar-refractivity contribution >= 4 is 0 Å². The third kappa shape index (κ3) is 3.88. The zero-order valence-electron chi connectivity index (χ0n) is 14.6. The highest BCUT2D eigenvalue weighted by Crippen LogP contribution is 2.30. The van der Waals surface area contributed by atoms with Crippen molar-refractivity contribution < 1.29 is 0 Å². The number of rotatable bonds is 6. The van der Waals surface area contributed by atoms with Crippen molar-refractivity contribution in [3.63, 3.8) is 0 Å². The molecule has 1 aromatic heterocycles. The zero-order chi connectivity index (χ0) is 15.4. The first kappa shape index (κ1) is 16.5. The maximum absolute atomic E-state index is 4.64. The van der Waals surface area contributed by atoms with E-state index in [-0.39, 0.29) is 0 Å². The number of aryl methyl sites for hydroxylation is 2. The van der Waals surface area contributed by atoms with Gasteiger partial charge >= 0.3 is 0 Å². The van der Waals surface area contributed by atoms with E-state index in [4.69, 9.17) is 0 Å². The molecule has 3 nitrogen and oxygen atoms in total. The summed E-state index contributed by atoms with van der Waals surface area (Å²) < 4.78 is 2.12. The number of aromatic nitrogens is 2. The van der Waals surface area contributed by atoms with Crippen molar-refractivity contribution in [3.05, 3.63) is 17.0 Å². The van der Waals surface area contributed by atoms with Crippen LogP contribution in [0.1, 0.15) is 75.9 Å². The fourth-order valence-corrected chi connectivity index (χ4v) is 3.93. The summed E-state index contributed by atoms with van der Waals surface area (Å²) >= 11 is 0. The molecule has 1 aromatic rings. The van der Waals surface area contributed by atoms with Crippen LogP contribution in [0.3, 0.4) is 0 Å². The Balaban J connectivity index is 1.88. The molecule has 2 rings (SSSR count). The Morgan fingerprint density at radius 2 is 1.76 bits per heavy atom. The fraction of sp³-hybridized carbons (Fsp3) is 0.833. The van der Waals surface area contributed by atoms with Crippen molar-refractivity contribution in [2.45, 2.75) is 79.3 Å². The van der Waals surface area contributed by atoms with Crippen LogP contribution in [0.15, 0.2) is 0 Å². The molecule has 1 heterocycles. The van der Waals surface area contributed by atoms with Crippen LogP contribution < -0.4 is 5.32 Å². The summed E-state index contributed by atoms with van der Waals surface area (Å²) in [6.07, 6.45) is 7.05. The van der Waals surface area contributed by atoms with Crippen molar-refractivity contribution in [2.24, 2.45) is 11.8 Å². The molecular weight excluding hydrogens is 258 g/mol. The van der Waals surface area contributed by atoms with E-state index >= 15 is 0 Å². The Morgan fingerprint density at radius 3 is 2.29 bits per heavy atom. The molecule has 1 aliphatic carbocycles. The largest absolute Gasteiger partial charge is 0.310 e. The van der Waals surface area contributed by atoms with Gasteiger partial charge in [-0.25, -0.2) is 0 Å². The molecule has 0 bridgehead atoms. The molecule has 3 heteroatoms. The minimum Gasteiger partial charge on any atom is -0.310 e. The van der Waals surface area contributed by atoms with Crippen LogP contribution in [-0.4, -0.2) is 16.3 Å². The molecule has 0 saturated heterocycles. The second-order valence-electron chi connectivity index (χ2n) is 6.83. The van der Waals surface area contributed by atoms with Gasteiger partial charge in [-0.15, -0.1) is 0 Å². The molecular formula is C18H33N3. The summed E-state index contributed by atoms with van der Waals surface area (Å²) in [7, 11) is 0. The minimum atomic E-state index is 0.411. The fourth-order valence-electron chi connectivity index (χ4n) is 3.93. The molecule has 1 unspecified atom stereocenters. The summed E-state index contributed by atoms with van der Waals surface area (Å²) in [6, 6.07) is 0.411. The molecule has 0 aliphatic heterocycles. The molecule has 0 amide bonds. The van der Waals surface area contributed by atoms with Gasteiger partial charge in [-0.2, -0.15) is 5.10 Å². The second kappa shape index (κ2) is 7.44. The number of hydrogen-bond donors (Lipinski definition) is 1. The zero-order valence-corrected chi connectivity index (χ0v) is 14.6. The average molecular weight is 291 g/mol. The van der Waals surface area contributed by atoms with Crippen LogP contribution in [0.4, 0.5) is 0 Å². The van der Waals surface area contributed by atoms with Crippen molar-refractivity contribution in [2.75, 3.05) is 6.54 Å². The van der Waals surface area contributed by atoms with E-state index in [1.54, 1.807) is 0 Å².